The molecule has 0 spiro atoms. The van der Waals surface area contributed by atoms with Crippen LogP contribution in [0.2, 0.25) is 0 Å². The summed E-state index contributed by atoms with van der Waals surface area (Å²) in [5.74, 6) is -1.68. The van der Waals surface area contributed by atoms with Crippen molar-refractivity contribution in [2.24, 2.45) is 0 Å². The summed E-state index contributed by atoms with van der Waals surface area (Å²) in [5, 5.41) is 12.2. The summed E-state index contributed by atoms with van der Waals surface area (Å²) in [6.45, 7) is 4.15. The van der Waals surface area contributed by atoms with Crippen LogP contribution in [0.15, 0.2) is 18.2 Å². The second-order valence-corrected chi connectivity index (χ2v) is 5.37. The van der Waals surface area contributed by atoms with Gasteiger partial charge in [0, 0.05) is 6.54 Å². The maximum absolute atomic E-state index is 13.3. The van der Waals surface area contributed by atoms with E-state index in [1.165, 1.54) is 23.1 Å². The highest BCUT2D eigenvalue weighted by Crippen LogP contribution is 2.22. The zero-order chi connectivity index (χ0) is 16.7. The molecule has 1 aromatic carbocycles. The Bertz CT molecular complexity index is 534. The second-order valence-electron chi connectivity index (χ2n) is 5.37. The van der Waals surface area contributed by atoms with Crippen molar-refractivity contribution in [1.82, 2.24) is 10.2 Å². The number of carboxylic acids is 1. The SMILES string of the molecule is CCCCNC(=O)CN(C)C(C(=O)O)c1ccc(F)c(C)c1. The standard InChI is InChI=1S/C16H23FN2O3/c1-4-5-8-18-14(20)10-19(3)15(16(21)22)12-6-7-13(17)11(2)9-12/h6-7,9,15H,4-5,8,10H2,1-3H3,(H,18,20)(H,21,22). The average molecular weight is 310 g/mol. The molecule has 5 nitrogen and oxygen atoms in total. The molecule has 0 saturated heterocycles. The summed E-state index contributed by atoms with van der Waals surface area (Å²) in [5.41, 5.74) is 0.833. The van der Waals surface area contributed by atoms with Crippen molar-refractivity contribution in [2.45, 2.75) is 32.7 Å². The quantitative estimate of drug-likeness (QED) is 0.722. The smallest absolute Gasteiger partial charge is 0.325 e. The first kappa shape index (κ1) is 18.1. The summed E-state index contributed by atoms with van der Waals surface area (Å²) in [7, 11) is 1.57. The van der Waals surface area contributed by atoms with Crippen LogP contribution in [0.4, 0.5) is 4.39 Å². The molecule has 0 heterocycles. The lowest BCUT2D eigenvalue weighted by Gasteiger charge is -2.24. The van der Waals surface area contributed by atoms with E-state index in [-0.39, 0.29) is 18.3 Å². The third-order valence-electron chi connectivity index (χ3n) is 3.42. The number of amides is 1. The molecule has 1 aromatic rings. The number of hydrogen-bond donors (Lipinski definition) is 2. The molecule has 2 N–H and O–H groups in total. The van der Waals surface area contributed by atoms with Crippen LogP contribution < -0.4 is 5.32 Å². The number of carbonyl (C=O) groups is 2. The number of aryl methyl sites for hydroxylation is 1. The molecule has 6 heteroatoms. The minimum absolute atomic E-state index is 0.0306. The molecule has 1 atom stereocenters. The Balaban J connectivity index is 2.79. The number of carbonyl (C=O) groups excluding carboxylic acids is 1. The number of aliphatic carboxylic acids is 1. The zero-order valence-corrected chi connectivity index (χ0v) is 13.2. The monoisotopic (exact) mass is 310 g/mol. The van der Waals surface area contributed by atoms with E-state index >= 15 is 0 Å². The van der Waals surface area contributed by atoms with Crippen molar-refractivity contribution >= 4 is 11.9 Å². The molecule has 0 aliphatic rings. The van der Waals surface area contributed by atoms with Crippen molar-refractivity contribution < 1.29 is 19.1 Å². The van der Waals surface area contributed by atoms with Crippen LogP contribution in [-0.2, 0) is 9.59 Å². The van der Waals surface area contributed by atoms with Crippen LogP contribution in [0, 0.1) is 12.7 Å². The molecule has 0 saturated carbocycles. The zero-order valence-electron chi connectivity index (χ0n) is 13.2. The van der Waals surface area contributed by atoms with Gasteiger partial charge in [-0.15, -0.1) is 0 Å². The average Bonchev–Trinajstić information content (AvgIpc) is 2.42. The number of benzene rings is 1. The summed E-state index contributed by atoms with van der Waals surface area (Å²) in [6, 6.07) is 3.19. The minimum atomic E-state index is -1.07. The molecule has 0 bridgehead atoms. The Morgan fingerprint density at radius 3 is 2.64 bits per heavy atom. The van der Waals surface area contributed by atoms with Crippen LogP contribution in [0.25, 0.3) is 0 Å². The Morgan fingerprint density at radius 2 is 2.09 bits per heavy atom. The molecule has 22 heavy (non-hydrogen) atoms. The van der Waals surface area contributed by atoms with E-state index < -0.39 is 12.0 Å². The molecular formula is C16H23FN2O3. The van der Waals surface area contributed by atoms with E-state index in [4.69, 9.17) is 0 Å². The first-order valence-electron chi connectivity index (χ1n) is 7.32. The highest BCUT2D eigenvalue weighted by molar-refractivity contribution is 5.80. The van der Waals surface area contributed by atoms with E-state index in [0.717, 1.165) is 12.8 Å². The number of carboxylic acid groups (broad SMARTS) is 1. The van der Waals surface area contributed by atoms with Gasteiger partial charge in [-0.05, 0) is 37.6 Å². The fourth-order valence-corrected chi connectivity index (χ4v) is 2.20. The van der Waals surface area contributed by atoms with Gasteiger partial charge in [0.2, 0.25) is 5.91 Å². The van der Waals surface area contributed by atoms with Crippen LogP contribution in [0.5, 0.6) is 0 Å². The Labute approximate surface area is 130 Å². The number of likely N-dealkylation sites (N-methyl/N-ethyl adjacent to an activating group) is 1. The summed E-state index contributed by atoms with van der Waals surface area (Å²) in [4.78, 5) is 24.8. The summed E-state index contributed by atoms with van der Waals surface area (Å²) >= 11 is 0. The van der Waals surface area contributed by atoms with Gasteiger partial charge >= 0.3 is 5.97 Å². The van der Waals surface area contributed by atoms with Gasteiger partial charge in [-0.3, -0.25) is 14.5 Å². The molecule has 122 valence electrons. The van der Waals surface area contributed by atoms with Crippen LogP contribution in [0.1, 0.15) is 36.9 Å². The fraction of sp³-hybridized carbons (Fsp3) is 0.500. The van der Waals surface area contributed by atoms with E-state index in [2.05, 4.69) is 5.32 Å². The van der Waals surface area contributed by atoms with Crippen molar-refractivity contribution in [3.05, 3.63) is 35.1 Å². The second kappa shape index (κ2) is 8.48. The third kappa shape index (κ3) is 5.11. The van der Waals surface area contributed by atoms with Gasteiger partial charge < -0.3 is 10.4 Å². The van der Waals surface area contributed by atoms with Crippen LogP contribution in [0.3, 0.4) is 0 Å². The van der Waals surface area contributed by atoms with Crippen molar-refractivity contribution in [1.29, 1.82) is 0 Å². The number of unbranched alkanes of at least 4 members (excludes halogenated alkanes) is 1. The number of nitrogens with one attached hydrogen (secondary N) is 1. The molecule has 0 aliphatic heterocycles. The Morgan fingerprint density at radius 1 is 1.41 bits per heavy atom. The van der Waals surface area contributed by atoms with Gasteiger partial charge in [-0.1, -0.05) is 25.5 Å². The Hall–Kier alpha value is -1.95. The lowest BCUT2D eigenvalue weighted by atomic mass is 10.0. The fourth-order valence-electron chi connectivity index (χ4n) is 2.20. The molecule has 0 fully saturated rings. The highest BCUT2D eigenvalue weighted by Gasteiger charge is 2.26. The number of rotatable bonds is 8. The minimum Gasteiger partial charge on any atom is -0.480 e. The first-order chi connectivity index (χ1) is 10.4. The predicted octanol–water partition coefficient (Wildman–Crippen LogP) is 2.11. The largest absolute Gasteiger partial charge is 0.480 e. The van der Waals surface area contributed by atoms with Gasteiger partial charge in [0.1, 0.15) is 11.9 Å². The highest BCUT2D eigenvalue weighted by atomic mass is 19.1. The predicted molar refractivity (Wildman–Crippen MR) is 82.1 cm³/mol. The van der Waals surface area contributed by atoms with E-state index in [1.807, 2.05) is 6.92 Å². The molecule has 1 amide bonds. The van der Waals surface area contributed by atoms with Crippen LogP contribution >= 0.6 is 0 Å². The number of hydrogen-bond acceptors (Lipinski definition) is 3. The molecule has 0 aromatic heterocycles. The van der Waals surface area contributed by atoms with Crippen molar-refractivity contribution in [3.63, 3.8) is 0 Å². The molecule has 0 aliphatic carbocycles. The van der Waals surface area contributed by atoms with Crippen LogP contribution in [-0.4, -0.2) is 42.0 Å². The third-order valence-corrected chi connectivity index (χ3v) is 3.42. The van der Waals surface area contributed by atoms with E-state index in [0.29, 0.717) is 17.7 Å². The molecule has 1 rings (SSSR count). The summed E-state index contributed by atoms with van der Waals surface area (Å²) < 4.78 is 13.3. The topological polar surface area (TPSA) is 69.6 Å². The molecular weight excluding hydrogens is 287 g/mol. The molecule has 1 unspecified atom stereocenters. The van der Waals surface area contributed by atoms with Crippen molar-refractivity contribution in [3.8, 4) is 0 Å². The summed E-state index contributed by atoms with van der Waals surface area (Å²) in [6.07, 6.45) is 1.86. The lowest BCUT2D eigenvalue weighted by Crippen LogP contribution is -2.40. The Kier molecular flexibility index (Phi) is 6.98. The van der Waals surface area contributed by atoms with Gasteiger partial charge in [0.05, 0.1) is 6.54 Å². The lowest BCUT2D eigenvalue weighted by molar-refractivity contribution is -0.143. The maximum Gasteiger partial charge on any atom is 0.325 e. The van der Waals surface area contributed by atoms with Gasteiger partial charge in [0.15, 0.2) is 0 Å². The van der Waals surface area contributed by atoms with E-state index in [1.54, 1.807) is 14.0 Å². The molecule has 0 radical (unpaired) electrons. The normalized spacial score (nSPS) is 12.2. The van der Waals surface area contributed by atoms with Gasteiger partial charge in [-0.2, -0.15) is 0 Å². The van der Waals surface area contributed by atoms with Crippen molar-refractivity contribution in [2.75, 3.05) is 20.1 Å². The number of nitrogens with zero attached hydrogens (tertiary/aromatic N) is 1. The first-order valence-corrected chi connectivity index (χ1v) is 7.32. The van der Waals surface area contributed by atoms with E-state index in [9.17, 15) is 19.1 Å². The maximum atomic E-state index is 13.3. The van der Waals surface area contributed by atoms with Gasteiger partial charge in [-0.25, -0.2) is 4.39 Å². The number of halogens is 1. The van der Waals surface area contributed by atoms with Gasteiger partial charge in [0.25, 0.3) is 0 Å².